The molecule has 0 saturated carbocycles. The van der Waals surface area contributed by atoms with E-state index in [9.17, 15) is 4.79 Å². The smallest absolute Gasteiger partial charge is 0.316 e. The lowest BCUT2D eigenvalue weighted by Gasteiger charge is -2.20. The Kier molecular flexibility index (Phi) is 6.08. The number of aryl methyl sites for hydroxylation is 2. The number of carbonyl (C=O) groups is 1. The minimum atomic E-state index is -0.424. The molecule has 1 aromatic carbocycles. The van der Waals surface area contributed by atoms with E-state index in [4.69, 9.17) is 10.5 Å². The molecule has 3 nitrogen and oxygen atoms in total. The quantitative estimate of drug-likeness (QED) is 0.846. The maximum Gasteiger partial charge on any atom is 0.316 e. The lowest BCUT2D eigenvalue weighted by atomic mass is 10.0. The molecule has 0 radical (unpaired) electrons. The van der Waals surface area contributed by atoms with Gasteiger partial charge in [-0.25, -0.2) is 0 Å². The average Bonchev–Trinajstić information content (AvgIpc) is 2.29. The molecule has 0 aliphatic carbocycles. The fourth-order valence-electron chi connectivity index (χ4n) is 1.89. The first kappa shape index (κ1) is 17.1. The normalized spacial score (nSPS) is 13.1. The number of benzene rings is 1. The predicted octanol–water partition coefficient (Wildman–Crippen LogP) is 3.38. The SMILES string of the molecule is Cc1ccc(C)c(C(N)CSCC(=O)OC(C)(C)C)c1. The molecule has 1 rings (SSSR count). The van der Waals surface area contributed by atoms with Crippen LogP contribution in [0.15, 0.2) is 18.2 Å². The zero-order chi connectivity index (χ0) is 15.3. The van der Waals surface area contributed by atoms with Crippen LogP contribution in [-0.4, -0.2) is 23.1 Å². The summed E-state index contributed by atoms with van der Waals surface area (Å²) in [5.74, 6) is 0.870. The molecule has 0 bridgehead atoms. The Morgan fingerprint density at radius 1 is 1.35 bits per heavy atom. The molecule has 0 saturated heterocycles. The van der Waals surface area contributed by atoms with Crippen LogP contribution in [0.25, 0.3) is 0 Å². The van der Waals surface area contributed by atoms with Crippen molar-refractivity contribution in [1.29, 1.82) is 0 Å². The molecule has 20 heavy (non-hydrogen) atoms. The van der Waals surface area contributed by atoms with Gasteiger partial charge in [-0.3, -0.25) is 4.79 Å². The van der Waals surface area contributed by atoms with E-state index < -0.39 is 5.60 Å². The summed E-state index contributed by atoms with van der Waals surface area (Å²) in [6.07, 6.45) is 0. The zero-order valence-corrected chi connectivity index (χ0v) is 13.8. The summed E-state index contributed by atoms with van der Waals surface area (Å²) in [4.78, 5) is 11.6. The topological polar surface area (TPSA) is 52.3 Å². The summed E-state index contributed by atoms with van der Waals surface area (Å²) in [7, 11) is 0. The largest absolute Gasteiger partial charge is 0.459 e. The summed E-state index contributed by atoms with van der Waals surface area (Å²) in [5.41, 5.74) is 9.34. The van der Waals surface area contributed by atoms with Gasteiger partial charge in [0.2, 0.25) is 0 Å². The van der Waals surface area contributed by atoms with Gasteiger partial charge in [0.25, 0.3) is 0 Å². The fraction of sp³-hybridized carbons (Fsp3) is 0.562. The van der Waals surface area contributed by atoms with E-state index in [-0.39, 0.29) is 12.0 Å². The number of carbonyl (C=O) groups excluding carboxylic acids is 1. The Morgan fingerprint density at radius 3 is 2.60 bits per heavy atom. The molecule has 4 heteroatoms. The summed E-state index contributed by atoms with van der Waals surface area (Å²) in [5, 5.41) is 0. The van der Waals surface area contributed by atoms with Crippen molar-refractivity contribution >= 4 is 17.7 Å². The van der Waals surface area contributed by atoms with Crippen molar-refractivity contribution in [1.82, 2.24) is 0 Å². The average molecular weight is 295 g/mol. The van der Waals surface area contributed by atoms with E-state index in [1.807, 2.05) is 20.8 Å². The van der Waals surface area contributed by atoms with Crippen LogP contribution in [0, 0.1) is 13.8 Å². The van der Waals surface area contributed by atoms with Gasteiger partial charge < -0.3 is 10.5 Å². The molecule has 2 N–H and O–H groups in total. The van der Waals surface area contributed by atoms with Crippen LogP contribution in [0.3, 0.4) is 0 Å². The summed E-state index contributed by atoms with van der Waals surface area (Å²) < 4.78 is 5.27. The van der Waals surface area contributed by atoms with E-state index in [1.54, 1.807) is 0 Å². The molecule has 1 atom stereocenters. The van der Waals surface area contributed by atoms with Gasteiger partial charge in [-0.05, 0) is 45.7 Å². The van der Waals surface area contributed by atoms with Crippen molar-refractivity contribution in [2.24, 2.45) is 5.73 Å². The van der Waals surface area contributed by atoms with Gasteiger partial charge in [-0.2, -0.15) is 0 Å². The first-order valence-electron chi connectivity index (χ1n) is 6.81. The number of thioether (sulfide) groups is 1. The van der Waals surface area contributed by atoms with Gasteiger partial charge in [0, 0.05) is 11.8 Å². The van der Waals surface area contributed by atoms with Crippen molar-refractivity contribution in [3.63, 3.8) is 0 Å². The third-order valence-electron chi connectivity index (χ3n) is 2.77. The highest BCUT2D eigenvalue weighted by Gasteiger charge is 2.17. The van der Waals surface area contributed by atoms with Gasteiger partial charge in [-0.1, -0.05) is 23.8 Å². The predicted molar refractivity (Wildman–Crippen MR) is 86.0 cm³/mol. The van der Waals surface area contributed by atoms with Crippen LogP contribution in [0.4, 0.5) is 0 Å². The molecule has 0 fully saturated rings. The maximum absolute atomic E-state index is 11.6. The van der Waals surface area contributed by atoms with Crippen molar-refractivity contribution in [3.8, 4) is 0 Å². The summed E-state index contributed by atoms with van der Waals surface area (Å²) in [6.45, 7) is 9.74. The number of nitrogens with two attached hydrogens (primary N) is 1. The first-order chi connectivity index (χ1) is 9.19. The van der Waals surface area contributed by atoms with E-state index in [1.165, 1.54) is 22.9 Å². The number of hydrogen-bond donors (Lipinski definition) is 1. The second-order valence-corrected chi connectivity index (χ2v) is 7.10. The van der Waals surface area contributed by atoms with Gasteiger partial charge in [-0.15, -0.1) is 11.8 Å². The highest BCUT2D eigenvalue weighted by molar-refractivity contribution is 7.99. The van der Waals surface area contributed by atoms with E-state index in [2.05, 4.69) is 32.0 Å². The van der Waals surface area contributed by atoms with E-state index >= 15 is 0 Å². The van der Waals surface area contributed by atoms with Crippen molar-refractivity contribution in [3.05, 3.63) is 34.9 Å². The Hall–Kier alpha value is -1.00. The number of esters is 1. The zero-order valence-electron chi connectivity index (χ0n) is 13.0. The highest BCUT2D eigenvalue weighted by atomic mass is 32.2. The number of ether oxygens (including phenoxy) is 1. The van der Waals surface area contributed by atoms with Crippen molar-refractivity contribution in [2.45, 2.75) is 46.3 Å². The molecule has 0 heterocycles. The molecule has 0 aliphatic heterocycles. The lowest BCUT2D eigenvalue weighted by Crippen LogP contribution is -2.25. The maximum atomic E-state index is 11.6. The van der Waals surface area contributed by atoms with Crippen LogP contribution >= 0.6 is 11.8 Å². The highest BCUT2D eigenvalue weighted by Crippen LogP contribution is 2.21. The van der Waals surface area contributed by atoms with Crippen molar-refractivity contribution in [2.75, 3.05) is 11.5 Å². The molecule has 0 aliphatic rings. The Morgan fingerprint density at radius 2 is 2.00 bits per heavy atom. The van der Waals surface area contributed by atoms with Crippen LogP contribution in [0.2, 0.25) is 0 Å². The second kappa shape index (κ2) is 7.14. The third kappa shape index (κ3) is 5.97. The Labute approximate surface area is 126 Å². The monoisotopic (exact) mass is 295 g/mol. The molecule has 0 amide bonds. The molecule has 0 spiro atoms. The number of hydrogen-bond acceptors (Lipinski definition) is 4. The van der Waals surface area contributed by atoms with Gasteiger partial charge in [0.05, 0.1) is 5.75 Å². The van der Waals surface area contributed by atoms with Gasteiger partial charge in [0.15, 0.2) is 0 Å². The van der Waals surface area contributed by atoms with Crippen LogP contribution in [-0.2, 0) is 9.53 Å². The summed E-state index contributed by atoms with van der Waals surface area (Å²) >= 11 is 1.52. The molecule has 0 aromatic heterocycles. The van der Waals surface area contributed by atoms with Crippen molar-refractivity contribution < 1.29 is 9.53 Å². The Bertz CT molecular complexity index is 466. The minimum absolute atomic E-state index is 0.0534. The van der Waals surface area contributed by atoms with E-state index in [0.29, 0.717) is 11.5 Å². The third-order valence-corrected chi connectivity index (χ3v) is 3.81. The molecular weight excluding hydrogens is 270 g/mol. The Balaban J connectivity index is 2.46. The molecule has 112 valence electrons. The second-order valence-electron chi connectivity index (χ2n) is 6.07. The minimum Gasteiger partial charge on any atom is -0.459 e. The lowest BCUT2D eigenvalue weighted by molar-refractivity contribution is -0.151. The summed E-state index contributed by atoms with van der Waals surface area (Å²) in [6, 6.07) is 6.23. The van der Waals surface area contributed by atoms with Gasteiger partial charge in [0.1, 0.15) is 5.60 Å². The van der Waals surface area contributed by atoms with E-state index in [0.717, 1.165) is 5.56 Å². The van der Waals surface area contributed by atoms with Crippen LogP contribution < -0.4 is 5.73 Å². The van der Waals surface area contributed by atoms with Crippen LogP contribution in [0.1, 0.15) is 43.5 Å². The molecular formula is C16H25NO2S. The number of rotatable bonds is 5. The fourth-order valence-corrected chi connectivity index (χ4v) is 2.67. The first-order valence-corrected chi connectivity index (χ1v) is 7.97. The molecule has 1 unspecified atom stereocenters. The standard InChI is InChI=1S/C16H25NO2S/c1-11-6-7-12(2)13(8-11)14(17)9-20-10-15(18)19-16(3,4)5/h6-8,14H,9-10,17H2,1-5H3. The van der Waals surface area contributed by atoms with Crippen LogP contribution in [0.5, 0.6) is 0 Å². The molecule has 1 aromatic rings. The van der Waals surface area contributed by atoms with Gasteiger partial charge >= 0.3 is 5.97 Å².